The topological polar surface area (TPSA) is 39.9 Å². The fourth-order valence-electron chi connectivity index (χ4n) is 2.23. The summed E-state index contributed by atoms with van der Waals surface area (Å²) in [6.45, 7) is 2.43. The summed E-state index contributed by atoms with van der Waals surface area (Å²) in [6.07, 6.45) is 4.76. The Morgan fingerprint density at radius 3 is 3.06 bits per heavy atom. The highest BCUT2D eigenvalue weighted by Gasteiger charge is 2.21. The quantitative estimate of drug-likeness (QED) is 0.733. The minimum Gasteiger partial charge on any atom is -0.356 e. The molecule has 0 saturated carbocycles. The third kappa shape index (κ3) is 1.91. The Kier molecular flexibility index (Phi) is 3.23. The molecule has 4 nitrogen and oxygen atoms in total. The Balaban J connectivity index is 2.13. The lowest BCUT2D eigenvalue weighted by atomic mass is 10.2. The molecule has 0 amide bonds. The number of ether oxygens (including phenoxy) is 1. The largest absolute Gasteiger partial charge is 0.356 e. The third-order valence-electron chi connectivity index (χ3n) is 3.22. The van der Waals surface area contributed by atoms with Crippen molar-refractivity contribution in [3.8, 4) is 0 Å². The number of fused-ring (bicyclic) bond motifs is 1. The van der Waals surface area contributed by atoms with Crippen molar-refractivity contribution in [2.75, 3.05) is 6.61 Å². The summed E-state index contributed by atoms with van der Waals surface area (Å²) >= 11 is 2.00. The van der Waals surface area contributed by atoms with Gasteiger partial charge < -0.3 is 4.74 Å². The van der Waals surface area contributed by atoms with Crippen LogP contribution in [0, 0.1) is 16.3 Å². The number of hydrogen-bond donors (Lipinski definition) is 0. The Morgan fingerprint density at radius 1 is 1.50 bits per heavy atom. The Morgan fingerprint density at radius 2 is 2.33 bits per heavy atom. The molecule has 96 valence electrons. The van der Waals surface area contributed by atoms with Gasteiger partial charge in [-0.2, -0.15) is 5.10 Å². The lowest BCUT2D eigenvalue weighted by Gasteiger charge is -2.23. The fraction of sp³-hybridized carbons (Fsp3) is 0.500. The molecule has 0 aliphatic carbocycles. The molecule has 3 heterocycles. The van der Waals surface area contributed by atoms with Gasteiger partial charge in [0.05, 0.1) is 20.8 Å². The molecule has 2 aromatic heterocycles. The SMILES string of the molecule is Cc1nc2c(cnn2C2CCCCO2)c(I)c1F. The number of aromatic nitrogens is 3. The first-order valence-electron chi connectivity index (χ1n) is 5.99. The highest BCUT2D eigenvalue weighted by atomic mass is 127. The molecule has 3 rings (SSSR count). The molecule has 6 heteroatoms. The van der Waals surface area contributed by atoms with Crippen molar-refractivity contribution in [3.05, 3.63) is 21.3 Å². The molecular formula is C12H13FIN3O. The average molecular weight is 361 g/mol. The van der Waals surface area contributed by atoms with E-state index in [9.17, 15) is 4.39 Å². The van der Waals surface area contributed by atoms with Crippen molar-refractivity contribution in [2.24, 2.45) is 0 Å². The molecule has 1 saturated heterocycles. The monoisotopic (exact) mass is 361 g/mol. The van der Waals surface area contributed by atoms with E-state index in [2.05, 4.69) is 10.1 Å². The normalized spacial score (nSPS) is 20.5. The number of aryl methyl sites for hydroxylation is 1. The van der Waals surface area contributed by atoms with Crippen molar-refractivity contribution >= 4 is 33.6 Å². The third-order valence-corrected chi connectivity index (χ3v) is 4.27. The number of rotatable bonds is 1. The summed E-state index contributed by atoms with van der Waals surface area (Å²) in [5.41, 5.74) is 1.12. The van der Waals surface area contributed by atoms with Crippen LogP contribution in [0.2, 0.25) is 0 Å². The van der Waals surface area contributed by atoms with Crippen molar-refractivity contribution < 1.29 is 9.13 Å². The standard InChI is InChI=1S/C12H13FIN3O/c1-7-10(13)11(14)8-6-15-17(12(8)16-7)9-4-2-3-5-18-9/h6,9H,2-5H2,1H3. The molecule has 0 N–H and O–H groups in total. The van der Waals surface area contributed by atoms with Crippen LogP contribution in [0.25, 0.3) is 11.0 Å². The predicted octanol–water partition coefficient (Wildman–Crippen LogP) is 3.18. The summed E-state index contributed by atoms with van der Waals surface area (Å²) in [7, 11) is 0. The number of halogens is 2. The molecule has 18 heavy (non-hydrogen) atoms. The van der Waals surface area contributed by atoms with Crippen LogP contribution in [-0.2, 0) is 4.74 Å². The van der Waals surface area contributed by atoms with Gasteiger partial charge in [-0.05, 0) is 48.8 Å². The van der Waals surface area contributed by atoms with E-state index in [4.69, 9.17) is 4.74 Å². The minimum absolute atomic E-state index is 0.0654. The Bertz CT molecular complexity index is 593. The summed E-state index contributed by atoms with van der Waals surface area (Å²) in [5.74, 6) is -0.257. The Hall–Kier alpha value is -0.760. The van der Waals surface area contributed by atoms with Gasteiger partial charge in [-0.15, -0.1) is 0 Å². The van der Waals surface area contributed by atoms with E-state index < -0.39 is 0 Å². The molecule has 0 radical (unpaired) electrons. The molecule has 1 fully saturated rings. The first-order chi connectivity index (χ1) is 8.68. The molecule has 0 spiro atoms. The molecule has 0 aromatic carbocycles. The highest BCUT2D eigenvalue weighted by molar-refractivity contribution is 14.1. The second-order valence-electron chi connectivity index (χ2n) is 4.47. The van der Waals surface area contributed by atoms with Crippen molar-refractivity contribution in [2.45, 2.75) is 32.4 Å². The molecule has 1 atom stereocenters. The van der Waals surface area contributed by atoms with Gasteiger partial charge in [0, 0.05) is 6.61 Å². The van der Waals surface area contributed by atoms with Gasteiger partial charge in [0.1, 0.15) is 0 Å². The van der Waals surface area contributed by atoms with E-state index in [1.165, 1.54) is 0 Å². The van der Waals surface area contributed by atoms with Crippen LogP contribution >= 0.6 is 22.6 Å². The maximum absolute atomic E-state index is 13.8. The molecule has 2 aromatic rings. The molecule has 1 unspecified atom stereocenters. The average Bonchev–Trinajstić information content (AvgIpc) is 2.81. The smallest absolute Gasteiger partial charge is 0.161 e. The van der Waals surface area contributed by atoms with Crippen LogP contribution in [0.5, 0.6) is 0 Å². The van der Waals surface area contributed by atoms with Gasteiger partial charge in [0.15, 0.2) is 17.7 Å². The van der Waals surface area contributed by atoms with Gasteiger partial charge in [-0.25, -0.2) is 14.1 Å². The fourth-order valence-corrected chi connectivity index (χ4v) is 3.01. The minimum atomic E-state index is -0.257. The van der Waals surface area contributed by atoms with Gasteiger partial charge in [-0.1, -0.05) is 0 Å². The van der Waals surface area contributed by atoms with Crippen LogP contribution in [-0.4, -0.2) is 21.4 Å². The first kappa shape index (κ1) is 12.3. The number of nitrogens with zero attached hydrogens (tertiary/aromatic N) is 3. The van der Waals surface area contributed by atoms with Crippen LogP contribution in [0.3, 0.4) is 0 Å². The number of hydrogen-bond acceptors (Lipinski definition) is 3. The van der Waals surface area contributed by atoms with Crippen LogP contribution < -0.4 is 0 Å². The zero-order valence-electron chi connectivity index (χ0n) is 9.99. The van der Waals surface area contributed by atoms with Crippen molar-refractivity contribution in [1.82, 2.24) is 14.8 Å². The van der Waals surface area contributed by atoms with Crippen LogP contribution in [0.1, 0.15) is 31.2 Å². The van der Waals surface area contributed by atoms with Crippen LogP contribution in [0.15, 0.2) is 6.20 Å². The molecule has 1 aliphatic rings. The van der Waals surface area contributed by atoms with E-state index in [-0.39, 0.29) is 12.0 Å². The van der Waals surface area contributed by atoms with Gasteiger partial charge >= 0.3 is 0 Å². The van der Waals surface area contributed by atoms with Crippen molar-refractivity contribution in [1.29, 1.82) is 0 Å². The maximum Gasteiger partial charge on any atom is 0.161 e. The maximum atomic E-state index is 13.8. The highest BCUT2D eigenvalue weighted by Crippen LogP contribution is 2.28. The van der Waals surface area contributed by atoms with Gasteiger partial charge in [-0.3, -0.25) is 0 Å². The first-order valence-corrected chi connectivity index (χ1v) is 7.07. The molecular weight excluding hydrogens is 348 g/mol. The van der Waals surface area contributed by atoms with E-state index in [1.54, 1.807) is 17.8 Å². The van der Waals surface area contributed by atoms with Gasteiger partial charge in [0.2, 0.25) is 0 Å². The second-order valence-corrected chi connectivity index (χ2v) is 5.55. The summed E-state index contributed by atoms with van der Waals surface area (Å²) < 4.78 is 21.8. The number of pyridine rings is 1. The molecule has 0 bridgehead atoms. The lowest BCUT2D eigenvalue weighted by molar-refractivity contribution is -0.0370. The molecule has 1 aliphatic heterocycles. The Labute approximate surface area is 118 Å². The summed E-state index contributed by atoms with van der Waals surface area (Å²) in [4.78, 5) is 4.31. The van der Waals surface area contributed by atoms with E-state index in [1.807, 2.05) is 22.6 Å². The lowest BCUT2D eigenvalue weighted by Crippen LogP contribution is -2.19. The predicted molar refractivity (Wildman–Crippen MR) is 73.8 cm³/mol. The second kappa shape index (κ2) is 4.73. The van der Waals surface area contributed by atoms with E-state index >= 15 is 0 Å². The van der Waals surface area contributed by atoms with E-state index in [0.717, 1.165) is 31.3 Å². The summed E-state index contributed by atoms with van der Waals surface area (Å²) in [5, 5.41) is 5.08. The van der Waals surface area contributed by atoms with Crippen LogP contribution in [0.4, 0.5) is 4.39 Å². The van der Waals surface area contributed by atoms with Gasteiger partial charge in [0.25, 0.3) is 0 Å². The summed E-state index contributed by atoms with van der Waals surface area (Å²) in [6, 6.07) is 0. The van der Waals surface area contributed by atoms with Crippen molar-refractivity contribution in [3.63, 3.8) is 0 Å². The zero-order chi connectivity index (χ0) is 12.7. The van der Waals surface area contributed by atoms with E-state index in [0.29, 0.717) is 14.9 Å². The zero-order valence-corrected chi connectivity index (χ0v) is 12.1.